The molecule has 0 spiro atoms. The molecule has 2 aromatic rings. The fourth-order valence-electron chi connectivity index (χ4n) is 4.16. The number of benzene rings is 1. The number of nitrogens with zero attached hydrogens (tertiary/aromatic N) is 5. The Hall–Kier alpha value is -3.01. The number of guanidine groups is 1. The number of likely N-dealkylation sites (N-methyl/N-ethyl adjacent to an activating group) is 1. The van der Waals surface area contributed by atoms with Crippen LogP contribution in [0.4, 0.5) is 14.7 Å². The zero-order valence-electron chi connectivity index (χ0n) is 18.8. The van der Waals surface area contributed by atoms with Crippen molar-refractivity contribution < 1.29 is 18.3 Å². The zero-order valence-corrected chi connectivity index (χ0v) is 19.5. The van der Waals surface area contributed by atoms with E-state index in [1.165, 1.54) is 19.1 Å². The Bertz CT molecular complexity index is 1140. The lowest BCUT2D eigenvalue weighted by Gasteiger charge is -2.43. The van der Waals surface area contributed by atoms with Crippen LogP contribution >= 0.6 is 11.6 Å². The maximum atomic E-state index is 15.0. The molecule has 0 unspecified atom stereocenters. The van der Waals surface area contributed by atoms with Gasteiger partial charge in [0.2, 0.25) is 17.7 Å². The Labute approximate surface area is 195 Å². The smallest absolute Gasteiger partial charge is 0.237 e. The van der Waals surface area contributed by atoms with Crippen molar-refractivity contribution in [2.75, 3.05) is 32.6 Å². The lowest BCUT2D eigenvalue weighted by Crippen LogP contribution is -2.57. The van der Waals surface area contributed by atoms with Gasteiger partial charge in [-0.1, -0.05) is 18.5 Å². The van der Waals surface area contributed by atoms with Crippen LogP contribution in [0, 0.1) is 17.6 Å². The summed E-state index contributed by atoms with van der Waals surface area (Å²) in [7, 11) is 4.63. The summed E-state index contributed by atoms with van der Waals surface area (Å²) in [5, 5.41) is 0.355. The van der Waals surface area contributed by atoms with Gasteiger partial charge in [0.1, 0.15) is 22.2 Å². The number of nitrogens with two attached hydrogens (primary N) is 1. The number of amides is 1. The highest BCUT2D eigenvalue weighted by Crippen LogP contribution is 2.45. The fourth-order valence-corrected chi connectivity index (χ4v) is 4.48. The number of halogens is 3. The quantitative estimate of drug-likeness (QED) is 0.685. The van der Waals surface area contributed by atoms with Gasteiger partial charge in [-0.2, -0.15) is 4.98 Å². The van der Waals surface area contributed by atoms with E-state index in [9.17, 15) is 9.18 Å². The molecule has 176 valence electrons. The fraction of sp³-hybridized carbons (Fsp3) is 0.455. The second-order valence-corrected chi connectivity index (χ2v) is 8.88. The minimum atomic E-state index is -1.52. The molecule has 1 aromatic heterocycles. The van der Waals surface area contributed by atoms with E-state index in [0.717, 1.165) is 31.0 Å². The third-order valence-electron chi connectivity index (χ3n) is 6.28. The Morgan fingerprint density at radius 3 is 2.67 bits per heavy atom. The highest BCUT2D eigenvalue weighted by atomic mass is 35.5. The van der Waals surface area contributed by atoms with Gasteiger partial charge in [-0.3, -0.25) is 9.69 Å². The van der Waals surface area contributed by atoms with E-state index in [1.807, 2.05) is 0 Å². The molecular weight excluding hydrogens is 454 g/mol. The van der Waals surface area contributed by atoms with Crippen LogP contribution < -0.4 is 15.4 Å². The zero-order chi connectivity index (χ0) is 24.1. The predicted octanol–water partition coefficient (Wildman–Crippen LogP) is 3.05. The van der Waals surface area contributed by atoms with Gasteiger partial charge in [-0.05, 0) is 31.0 Å². The van der Waals surface area contributed by atoms with E-state index in [4.69, 9.17) is 22.1 Å². The third-order valence-corrected chi connectivity index (χ3v) is 6.64. The van der Waals surface area contributed by atoms with Gasteiger partial charge in [-0.25, -0.2) is 18.8 Å². The molecule has 4 rings (SSSR count). The molecule has 2 heterocycles. The van der Waals surface area contributed by atoms with Crippen LogP contribution in [0.15, 0.2) is 23.2 Å². The average molecular weight is 479 g/mol. The number of hydrogen-bond donors (Lipinski definition) is 1. The first-order valence-electron chi connectivity index (χ1n) is 10.5. The Kier molecular flexibility index (Phi) is 5.90. The number of methoxy groups -OCH3 is 1. The normalized spacial score (nSPS) is 22.9. The van der Waals surface area contributed by atoms with Crippen molar-refractivity contribution >= 4 is 29.4 Å². The molecule has 1 aliphatic carbocycles. The van der Waals surface area contributed by atoms with E-state index in [0.29, 0.717) is 10.7 Å². The largest absolute Gasteiger partial charge is 0.480 e. The number of carbonyl (C=O) groups is 1. The van der Waals surface area contributed by atoms with Crippen LogP contribution in [0.2, 0.25) is 5.02 Å². The second-order valence-electron chi connectivity index (χ2n) is 8.50. The van der Waals surface area contributed by atoms with Crippen LogP contribution in [-0.4, -0.2) is 54.5 Å². The first kappa shape index (κ1) is 23.2. The van der Waals surface area contributed by atoms with Gasteiger partial charge in [0, 0.05) is 25.6 Å². The molecule has 8 nitrogen and oxygen atoms in total. The van der Waals surface area contributed by atoms with Crippen molar-refractivity contribution in [1.29, 1.82) is 0 Å². The van der Waals surface area contributed by atoms with Crippen LogP contribution in [0.1, 0.15) is 36.9 Å². The summed E-state index contributed by atoms with van der Waals surface area (Å²) in [6.07, 6.45) is 1.92. The molecule has 0 radical (unpaired) electrons. The molecule has 1 aliphatic heterocycles. The summed E-state index contributed by atoms with van der Waals surface area (Å²) in [5.41, 5.74) is 5.11. The van der Waals surface area contributed by atoms with Gasteiger partial charge < -0.3 is 15.4 Å². The van der Waals surface area contributed by atoms with Crippen LogP contribution in [-0.2, 0) is 10.3 Å². The lowest BCUT2D eigenvalue weighted by molar-refractivity contribution is -0.133. The van der Waals surface area contributed by atoms with Crippen molar-refractivity contribution in [1.82, 2.24) is 14.9 Å². The highest BCUT2D eigenvalue weighted by molar-refractivity contribution is 6.32. The first-order valence-corrected chi connectivity index (χ1v) is 10.9. The monoisotopic (exact) mass is 478 g/mol. The van der Waals surface area contributed by atoms with E-state index in [-0.39, 0.29) is 41.7 Å². The molecule has 1 fully saturated rings. The maximum Gasteiger partial charge on any atom is 0.237 e. The minimum absolute atomic E-state index is 0.0519. The van der Waals surface area contributed by atoms with Crippen LogP contribution in [0.3, 0.4) is 0 Å². The number of aliphatic imine (C=N–C) groups is 1. The van der Waals surface area contributed by atoms with Crippen LogP contribution in [0.25, 0.3) is 0 Å². The van der Waals surface area contributed by atoms with Gasteiger partial charge in [0.15, 0.2) is 5.96 Å². The number of anilines is 1. The molecule has 33 heavy (non-hydrogen) atoms. The number of hydrogen-bond acceptors (Lipinski definition) is 7. The first-order chi connectivity index (χ1) is 15.6. The summed E-state index contributed by atoms with van der Waals surface area (Å²) in [4.78, 5) is 29.4. The molecule has 1 amide bonds. The number of ether oxygens (including phenoxy) is 1. The molecule has 0 bridgehead atoms. The molecule has 1 saturated carbocycles. The van der Waals surface area contributed by atoms with E-state index < -0.39 is 23.1 Å². The van der Waals surface area contributed by atoms with Crippen molar-refractivity contribution in [3.8, 4) is 5.88 Å². The summed E-state index contributed by atoms with van der Waals surface area (Å²) >= 11 is 6.40. The van der Waals surface area contributed by atoms with Crippen molar-refractivity contribution in [2.24, 2.45) is 16.6 Å². The number of rotatable bonds is 6. The molecule has 2 N–H and O–H groups in total. The summed E-state index contributed by atoms with van der Waals surface area (Å²) in [6.45, 7) is 1.57. The van der Waals surface area contributed by atoms with Gasteiger partial charge in [0.05, 0.1) is 25.3 Å². The highest BCUT2D eigenvalue weighted by Gasteiger charge is 2.49. The predicted molar refractivity (Wildman–Crippen MR) is 120 cm³/mol. The average Bonchev–Trinajstić information content (AvgIpc) is 3.63. The molecule has 1 aromatic carbocycles. The Morgan fingerprint density at radius 2 is 2.03 bits per heavy atom. The van der Waals surface area contributed by atoms with Crippen LogP contribution in [0.5, 0.6) is 5.88 Å². The molecule has 11 heteroatoms. The van der Waals surface area contributed by atoms with Gasteiger partial charge in [-0.15, -0.1) is 0 Å². The minimum Gasteiger partial charge on any atom is -0.480 e. The summed E-state index contributed by atoms with van der Waals surface area (Å²) in [5.74, 6) is -1.96. The standard InChI is InChI=1S/C22H25ClF2N6O2/c1-11-19(32)31(3)20(26)29-22(11,14-9-13(24)7-8-15(14)25)10-30(2)21-27-17(12-5-6-12)16(23)18(28-21)33-4/h7-9,11-12H,5-6,10H2,1-4H3,(H2,26,29)/t11-,22-/m0/s1. The number of aromatic nitrogens is 2. The van der Waals surface area contributed by atoms with Crippen molar-refractivity contribution in [3.05, 3.63) is 46.1 Å². The van der Waals surface area contributed by atoms with Gasteiger partial charge >= 0.3 is 0 Å². The van der Waals surface area contributed by atoms with Crippen molar-refractivity contribution in [3.63, 3.8) is 0 Å². The molecular formula is C22H25ClF2N6O2. The topological polar surface area (TPSA) is 96.9 Å². The van der Waals surface area contributed by atoms with E-state index in [2.05, 4.69) is 15.0 Å². The Balaban J connectivity index is 1.84. The number of carbonyl (C=O) groups excluding carboxylic acids is 1. The van der Waals surface area contributed by atoms with Gasteiger partial charge in [0.25, 0.3) is 0 Å². The Morgan fingerprint density at radius 1 is 1.33 bits per heavy atom. The summed E-state index contributed by atoms with van der Waals surface area (Å²) in [6, 6.07) is 3.08. The summed E-state index contributed by atoms with van der Waals surface area (Å²) < 4.78 is 34.6. The second kappa shape index (κ2) is 8.40. The molecule has 2 aliphatic rings. The van der Waals surface area contributed by atoms with E-state index >= 15 is 4.39 Å². The molecule has 2 atom stereocenters. The molecule has 0 saturated heterocycles. The lowest BCUT2D eigenvalue weighted by atomic mass is 9.76. The van der Waals surface area contributed by atoms with Crippen molar-refractivity contribution in [2.45, 2.75) is 31.2 Å². The SMILES string of the molecule is COc1nc(N(C)C[C@]2(c3cc(F)ccc3F)N=C(N)N(C)C(=O)[C@@H]2C)nc(C2CC2)c1Cl. The maximum absolute atomic E-state index is 15.0. The third kappa shape index (κ3) is 3.96. The van der Waals surface area contributed by atoms with E-state index in [1.54, 1.807) is 18.9 Å².